The van der Waals surface area contributed by atoms with Crippen molar-refractivity contribution in [3.63, 3.8) is 0 Å². The molecule has 0 spiro atoms. The van der Waals surface area contributed by atoms with Crippen LogP contribution in [0.4, 0.5) is 5.69 Å². The Morgan fingerprint density at radius 1 is 1.37 bits per heavy atom. The molecule has 1 aromatic rings. The van der Waals surface area contributed by atoms with E-state index in [9.17, 15) is 4.79 Å². The van der Waals surface area contributed by atoms with E-state index >= 15 is 0 Å². The minimum absolute atomic E-state index is 0.136. The number of piperidine rings is 1. The number of anilines is 1. The quantitative estimate of drug-likeness (QED) is 0.795. The number of nitrogens with zero attached hydrogens (tertiary/aromatic N) is 2. The predicted molar refractivity (Wildman–Crippen MR) is 80.1 cm³/mol. The fourth-order valence-corrected chi connectivity index (χ4v) is 2.70. The zero-order chi connectivity index (χ0) is 13.8. The molecule has 19 heavy (non-hydrogen) atoms. The average molecular weight is 281 g/mol. The molecule has 0 radical (unpaired) electrons. The maximum atomic E-state index is 12.4. The summed E-state index contributed by atoms with van der Waals surface area (Å²) in [5.74, 6) is 1.41. The third kappa shape index (κ3) is 3.41. The number of amides is 1. The van der Waals surface area contributed by atoms with Gasteiger partial charge in [-0.25, -0.2) is 0 Å². The average Bonchev–Trinajstić information content (AvgIpc) is 2.46. The van der Waals surface area contributed by atoms with Crippen molar-refractivity contribution in [2.45, 2.75) is 12.8 Å². The van der Waals surface area contributed by atoms with E-state index in [1.807, 2.05) is 48.2 Å². The van der Waals surface area contributed by atoms with Crippen LogP contribution in [0.2, 0.25) is 0 Å². The van der Waals surface area contributed by atoms with Crippen molar-refractivity contribution in [2.75, 3.05) is 38.0 Å². The summed E-state index contributed by atoms with van der Waals surface area (Å²) in [6.07, 6.45) is 2.03. The summed E-state index contributed by atoms with van der Waals surface area (Å²) in [4.78, 5) is 16.4. The van der Waals surface area contributed by atoms with Crippen molar-refractivity contribution in [2.24, 2.45) is 5.92 Å². The van der Waals surface area contributed by atoms with E-state index in [1.54, 1.807) is 0 Å². The van der Waals surface area contributed by atoms with Gasteiger partial charge >= 0.3 is 0 Å². The number of likely N-dealkylation sites (tertiary alicyclic amines) is 1. The van der Waals surface area contributed by atoms with Gasteiger partial charge in [-0.1, -0.05) is 6.07 Å². The number of rotatable bonds is 3. The Labute approximate surface area is 120 Å². The molecule has 0 N–H and O–H groups in total. The SMILES string of the molecule is CN(C)c1cccc(C(=O)N2CCC(CCl)CC2)c1. The molecular formula is C15H21ClN2O. The molecule has 3 nitrogen and oxygen atoms in total. The van der Waals surface area contributed by atoms with Crippen molar-refractivity contribution >= 4 is 23.2 Å². The van der Waals surface area contributed by atoms with Gasteiger partial charge < -0.3 is 9.80 Å². The molecule has 0 aromatic heterocycles. The van der Waals surface area contributed by atoms with Crippen LogP contribution in [0.3, 0.4) is 0 Å². The molecule has 1 heterocycles. The van der Waals surface area contributed by atoms with Crippen LogP contribution >= 0.6 is 11.6 Å². The Hall–Kier alpha value is -1.22. The number of benzene rings is 1. The Kier molecular flexibility index (Phi) is 4.70. The van der Waals surface area contributed by atoms with Crippen LogP contribution in [0.1, 0.15) is 23.2 Å². The van der Waals surface area contributed by atoms with Gasteiger partial charge in [0.05, 0.1) is 0 Å². The van der Waals surface area contributed by atoms with Gasteiger partial charge in [0, 0.05) is 44.3 Å². The summed E-state index contributed by atoms with van der Waals surface area (Å²) in [5, 5.41) is 0. The highest BCUT2D eigenvalue weighted by molar-refractivity contribution is 6.18. The molecule has 1 aromatic carbocycles. The molecule has 0 atom stereocenters. The van der Waals surface area contributed by atoms with Gasteiger partial charge in [0.25, 0.3) is 5.91 Å². The van der Waals surface area contributed by atoms with Crippen LogP contribution in [0.25, 0.3) is 0 Å². The van der Waals surface area contributed by atoms with E-state index in [1.165, 1.54) is 0 Å². The summed E-state index contributed by atoms with van der Waals surface area (Å²) in [5.41, 5.74) is 1.83. The highest BCUT2D eigenvalue weighted by Crippen LogP contribution is 2.21. The summed E-state index contributed by atoms with van der Waals surface area (Å²) < 4.78 is 0. The molecule has 1 amide bonds. The molecule has 1 aliphatic heterocycles. The molecule has 4 heteroatoms. The van der Waals surface area contributed by atoms with Crippen molar-refractivity contribution < 1.29 is 4.79 Å². The Morgan fingerprint density at radius 3 is 2.63 bits per heavy atom. The Bertz CT molecular complexity index is 440. The smallest absolute Gasteiger partial charge is 0.253 e. The molecule has 0 saturated carbocycles. The van der Waals surface area contributed by atoms with Crippen LogP contribution in [0.5, 0.6) is 0 Å². The van der Waals surface area contributed by atoms with E-state index in [0.29, 0.717) is 11.8 Å². The number of alkyl halides is 1. The number of hydrogen-bond acceptors (Lipinski definition) is 2. The van der Waals surface area contributed by atoms with Crippen LogP contribution in [0.15, 0.2) is 24.3 Å². The summed E-state index contributed by atoms with van der Waals surface area (Å²) in [6, 6.07) is 7.80. The molecular weight excluding hydrogens is 260 g/mol. The fraction of sp³-hybridized carbons (Fsp3) is 0.533. The zero-order valence-electron chi connectivity index (χ0n) is 11.6. The summed E-state index contributed by atoms with van der Waals surface area (Å²) in [7, 11) is 3.96. The first-order chi connectivity index (χ1) is 9.11. The molecule has 0 aliphatic carbocycles. The van der Waals surface area contributed by atoms with Crippen molar-refractivity contribution in [1.29, 1.82) is 0 Å². The van der Waals surface area contributed by atoms with E-state index in [2.05, 4.69) is 0 Å². The maximum absolute atomic E-state index is 12.4. The van der Waals surface area contributed by atoms with Gasteiger partial charge in [0.2, 0.25) is 0 Å². The van der Waals surface area contributed by atoms with E-state index in [-0.39, 0.29) is 5.91 Å². The van der Waals surface area contributed by atoms with E-state index in [0.717, 1.165) is 37.2 Å². The van der Waals surface area contributed by atoms with Gasteiger partial charge in [-0.15, -0.1) is 11.6 Å². The Balaban J connectivity index is 2.06. The molecule has 0 bridgehead atoms. The lowest BCUT2D eigenvalue weighted by atomic mass is 9.98. The normalized spacial score (nSPS) is 16.5. The lowest BCUT2D eigenvalue weighted by Gasteiger charge is -2.31. The maximum Gasteiger partial charge on any atom is 0.253 e. The lowest BCUT2D eigenvalue weighted by molar-refractivity contribution is 0.0698. The number of carbonyl (C=O) groups is 1. The third-order valence-corrected chi connectivity index (χ3v) is 4.17. The van der Waals surface area contributed by atoms with Gasteiger partial charge in [0.15, 0.2) is 0 Å². The number of halogens is 1. The van der Waals surface area contributed by atoms with Crippen LogP contribution in [-0.4, -0.2) is 43.9 Å². The zero-order valence-corrected chi connectivity index (χ0v) is 12.4. The van der Waals surface area contributed by atoms with Crippen LogP contribution in [0, 0.1) is 5.92 Å². The molecule has 0 unspecified atom stereocenters. The molecule has 2 rings (SSSR count). The lowest BCUT2D eigenvalue weighted by Crippen LogP contribution is -2.38. The van der Waals surface area contributed by atoms with E-state index < -0.39 is 0 Å². The second-order valence-electron chi connectivity index (χ2n) is 5.33. The summed E-state index contributed by atoms with van der Waals surface area (Å²) >= 11 is 5.87. The molecule has 1 saturated heterocycles. The standard InChI is InChI=1S/C15H21ClN2O/c1-17(2)14-5-3-4-13(10-14)15(19)18-8-6-12(11-16)7-9-18/h3-5,10,12H,6-9,11H2,1-2H3. The van der Waals surface area contributed by atoms with Crippen LogP contribution in [-0.2, 0) is 0 Å². The largest absolute Gasteiger partial charge is 0.378 e. The van der Waals surface area contributed by atoms with Gasteiger partial charge in [-0.05, 0) is 37.0 Å². The first-order valence-corrected chi connectivity index (χ1v) is 7.28. The first-order valence-electron chi connectivity index (χ1n) is 6.74. The van der Waals surface area contributed by atoms with Gasteiger partial charge in [-0.3, -0.25) is 4.79 Å². The summed E-state index contributed by atoms with van der Waals surface area (Å²) in [6.45, 7) is 1.64. The monoisotopic (exact) mass is 280 g/mol. The molecule has 104 valence electrons. The highest BCUT2D eigenvalue weighted by atomic mass is 35.5. The topological polar surface area (TPSA) is 23.6 Å². The van der Waals surface area contributed by atoms with Crippen molar-refractivity contribution in [3.05, 3.63) is 29.8 Å². The van der Waals surface area contributed by atoms with Gasteiger partial charge in [-0.2, -0.15) is 0 Å². The predicted octanol–water partition coefficient (Wildman–Crippen LogP) is 2.84. The molecule has 1 aliphatic rings. The number of hydrogen-bond donors (Lipinski definition) is 0. The highest BCUT2D eigenvalue weighted by Gasteiger charge is 2.23. The minimum Gasteiger partial charge on any atom is -0.378 e. The van der Waals surface area contributed by atoms with Crippen LogP contribution < -0.4 is 4.90 Å². The third-order valence-electron chi connectivity index (χ3n) is 3.73. The number of carbonyl (C=O) groups excluding carboxylic acids is 1. The first kappa shape index (κ1) is 14.2. The minimum atomic E-state index is 0.136. The Morgan fingerprint density at radius 2 is 2.05 bits per heavy atom. The fourth-order valence-electron chi connectivity index (χ4n) is 2.39. The second-order valence-corrected chi connectivity index (χ2v) is 5.64. The second kappa shape index (κ2) is 6.29. The van der Waals surface area contributed by atoms with Gasteiger partial charge in [0.1, 0.15) is 0 Å². The van der Waals surface area contributed by atoms with Crippen molar-refractivity contribution in [3.8, 4) is 0 Å². The van der Waals surface area contributed by atoms with E-state index in [4.69, 9.17) is 11.6 Å². The molecule has 1 fully saturated rings. The van der Waals surface area contributed by atoms with Crippen molar-refractivity contribution in [1.82, 2.24) is 4.90 Å².